The highest BCUT2D eigenvalue weighted by atomic mass is 16.2. The monoisotopic (exact) mass is 277 g/mol. The summed E-state index contributed by atoms with van der Waals surface area (Å²) in [4.78, 5) is 16.0. The third kappa shape index (κ3) is 5.56. The molecule has 1 N–H and O–H groups in total. The molecule has 0 aromatic heterocycles. The summed E-state index contributed by atoms with van der Waals surface area (Å²) in [6.07, 6.45) is 2.74. The number of hydrogen-bond donors (Lipinski definition) is 1. The number of nitrogens with zero attached hydrogens (tertiary/aromatic N) is 4. The van der Waals surface area contributed by atoms with Crippen LogP contribution in [0.4, 0.5) is 0 Å². The molecule has 1 saturated heterocycles. The number of hydrogen-bond acceptors (Lipinski definition) is 5. The summed E-state index contributed by atoms with van der Waals surface area (Å²) in [5, 5.41) is 20.6. The fraction of sp³-hybridized carbons (Fsp3) is 0.786. The first-order valence-electron chi connectivity index (χ1n) is 7.11. The number of carbonyl (C=O) groups is 1. The molecule has 1 aliphatic rings. The SMILES string of the molecule is CN(CC(=O)N(CCC#N)CCC#N)C1CCNCC1. The average Bonchev–Trinajstić information content (AvgIpc) is 2.48. The summed E-state index contributed by atoms with van der Waals surface area (Å²) in [5.74, 6) is 0.0107. The molecule has 1 amide bonds. The minimum Gasteiger partial charge on any atom is -0.340 e. The molecule has 0 saturated carbocycles. The number of nitriles is 2. The van der Waals surface area contributed by atoms with Crippen LogP contribution in [0.25, 0.3) is 0 Å². The molecule has 0 unspecified atom stereocenters. The molecule has 0 spiro atoms. The summed E-state index contributed by atoms with van der Waals surface area (Å²) in [6.45, 7) is 3.18. The van der Waals surface area contributed by atoms with Crippen LogP contribution < -0.4 is 5.32 Å². The van der Waals surface area contributed by atoms with Crippen molar-refractivity contribution in [3.05, 3.63) is 0 Å². The maximum Gasteiger partial charge on any atom is 0.236 e. The Hall–Kier alpha value is -1.63. The Morgan fingerprint density at radius 3 is 2.25 bits per heavy atom. The van der Waals surface area contributed by atoms with Crippen LogP contribution in [0.5, 0.6) is 0 Å². The van der Waals surface area contributed by atoms with Crippen LogP contribution in [0.2, 0.25) is 0 Å². The second-order valence-electron chi connectivity index (χ2n) is 5.09. The van der Waals surface area contributed by atoms with Gasteiger partial charge in [0.2, 0.25) is 5.91 Å². The van der Waals surface area contributed by atoms with Crippen LogP contribution in [0.1, 0.15) is 25.7 Å². The first kappa shape index (κ1) is 16.4. The normalized spacial score (nSPS) is 15.6. The molecule has 20 heavy (non-hydrogen) atoms. The highest BCUT2D eigenvalue weighted by molar-refractivity contribution is 5.78. The standard InChI is InChI=1S/C14H23N5O/c1-18(13-4-8-17-9-5-13)12-14(20)19(10-2-6-15)11-3-7-16/h13,17H,2-5,8-12H2,1H3. The average molecular weight is 277 g/mol. The van der Waals surface area contributed by atoms with Gasteiger partial charge in [-0.3, -0.25) is 9.69 Å². The minimum absolute atomic E-state index is 0.0107. The smallest absolute Gasteiger partial charge is 0.236 e. The third-order valence-corrected chi connectivity index (χ3v) is 3.66. The topological polar surface area (TPSA) is 83.2 Å². The predicted molar refractivity (Wildman–Crippen MR) is 75.6 cm³/mol. The van der Waals surface area contributed by atoms with E-state index in [9.17, 15) is 4.79 Å². The van der Waals surface area contributed by atoms with Gasteiger partial charge in [-0.2, -0.15) is 10.5 Å². The maximum absolute atomic E-state index is 12.3. The molecular formula is C14H23N5O. The molecule has 1 fully saturated rings. The lowest BCUT2D eigenvalue weighted by molar-refractivity contribution is -0.132. The Kier molecular flexibility index (Phi) is 7.64. The molecule has 0 bridgehead atoms. The van der Waals surface area contributed by atoms with Gasteiger partial charge in [-0.1, -0.05) is 0 Å². The molecule has 1 rings (SSSR count). The van der Waals surface area contributed by atoms with Crippen molar-refractivity contribution in [1.29, 1.82) is 10.5 Å². The molecule has 6 heteroatoms. The van der Waals surface area contributed by atoms with Gasteiger partial charge in [0.25, 0.3) is 0 Å². The molecule has 0 aromatic carbocycles. The Bertz CT molecular complexity index is 360. The molecule has 0 aliphatic carbocycles. The number of likely N-dealkylation sites (N-methyl/N-ethyl adjacent to an activating group) is 1. The molecule has 0 atom stereocenters. The Balaban J connectivity index is 2.46. The van der Waals surface area contributed by atoms with Gasteiger partial charge < -0.3 is 10.2 Å². The zero-order valence-electron chi connectivity index (χ0n) is 12.1. The van der Waals surface area contributed by atoms with Gasteiger partial charge in [-0.05, 0) is 33.0 Å². The Morgan fingerprint density at radius 2 is 1.75 bits per heavy atom. The zero-order chi connectivity index (χ0) is 14.8. The number of amides is 1. The van der Waals surface area contributed by atoms with Crippen LogP contribution >= 0.6 is 0 Å². The van der Waals surface area contributed by atoms with E-state index in [1.807, 2.05) is 19.2 Å². The van der Waals surface area contributed by atoms with E-state index in [4.69, 9.17) is 10.5 Å². The lowest BCUT2D eigenvalue weighted by atomic mass is 10.1. The van der Waals surface area contributed by atoms with Crippen molar-refractivity contribution in [1.82, 2.24) is 15.1 Å². The van der Waals surface area contributed by atoms with Gasteiger partial charge in [0.15, 0.2) is 0 Å². The Morgan fingerprint density at radius 1 is 1.20 bits per heavy atom. The van der Waals surface area contributed by atoms with E-state index in [0.29, 0.717) is 38.5 Å². The van der Waals surface area contributed by atoms with Gasteiger partial charge in [0, 0.05) is 19.1 Å². The van der Waals surface area contributed by atoms with Crippen molar-refractivity contribution >= 4 is 5.91 Å². The number of carbonyl (C=O) groups excluding carboxylic acids is 1. The van der Waals surface area contributed by atoms with Crippen LogP contribution in [0, 0.1) is 22.7 Å². The van der Waals surface area contributed by atoms with Crippen LogP contribution in [0.3, 0.4) is 0 Å². The number of nitrogens with one attached hydrogen (secondary N) is 1. The van der Waals surface area contributed by atoms with Gasteiger partial charge in [0.05, 0.1) is 31.5 Å². The molecule has 0 aromatic rings. The fourth-order valence-electron chi connectivity index (χ4n) is 2.42. The van der Waals surface area contributed by atoms with Crippen molar-refractivity contribution in [2.45, 2.75) is 31.7 Å². The van der Waals surface area contributed by atoms with E-state index in [1.54, 1.807) is 4.90 Å². The summed E-state index contributed by atoms with van der Waals surface area (Å²) >= 11 is 0. The van der Waals surface area contributed by atoms with Crippen LogP contribution in [-0.4, -0.2) is 61.5 Å². The van der Waals surface area contributed by atoms with Crippen LogP contribution in [-0.2, 0) is 4.79 Å². The van der Waals surface area contributed by atoms with Crippen molar-refractivity contribution in [3.8, 4) is 12.1 Å². The quantitative estimate of drug-likeness (QED) is 0.725. The summed E-state index contributed by atoms with van der Waals surface area (Å²) < 4.78 is 0. The number of piperidine rings is 1. The number of rotatable bonds is 7. The highest BCUT2D eigenvalue weighted by Crippen LogP contribution is 2.10. The first-order valence-corrected chi connectivity index (χ1v) is 7.11. The van der Waals surface area contributed by atoms with Gasteiger partial charge >= 0.3 is 0 Å². The fourth-order valence-corrected chi connectivity index (χ4v) is 2.42. The van der Waals surface area contributed by atoms with E-state index < -0.39 is 0 Å². The van der Waals surface area contributed by atoms with E-state index in [2.05, 4.69) is 10.2 Å². The minimum atomic E-state index is 0.0107. The molecule has 6 nitrogen and oxygen atoms in total. The van der Waals surface area contributed by atoms with Gasteiger partial charge in [-0.15, -0.1) is 0 Å². The van der Waals surface area contributed by atoms with E-state index in [1.165, 1.54) is 0 Å². The van der Waals surface area contributed by atoms with E-state index >= 15 is 0 Å². The molecule has 0 radical (unpaired) electrons. The van der Waals surface area contributed by atoms with Crippen LogP contribution in [0.15, 0.2) is 0 Å². The van der Waals surface area contributed by atoms with Crippen molar-refractivity contribution < 1.29 is 4.79 Å². The van der Waals surface area contributed by atoms with Crippen molar-refractivity contribution in [2.24, 2.45) is 0 Å². The second kappa shape index (κ2) is 9.30. The second-order valence-corrected chi connectivity index (χ2v) is 5.09. The van der Waals surface area contributed by atoms with E-state index in [-0.39, 0.29) is 5.91 Å². The molecule has 1 heterocycles. The van der Waals surface area contributed by atoms with Crippen molar-refractivity contribution in [2.75, 3.05) is 39.8 Å². The highest BCUT2D eigenvalue weighted by Gasteiger charge is 2.22. The maximum atomic E-state index is 12.3. The predicted octanol–water partition coefficient (Wildman–Crippen LogP) is 0.326. The lowest BCUT2D eigenvalue weighted by Crippen LogP contribution is -2.46. The van der Waals surface area contributed by atoms with Gasteiger partial charge in [-0.25, -0.2) is 0 Å². The van der Waals surface area contributed by atoms with E-state index in [0.717, 1.165) is 25.9 Å². The summed E-state index contributed by atoms with van der Waals surface area (Å²) in [6, 6.07) is 4.53. The molecule has 1 aliphatic heterocycles. The largest absolute Gasteiger partial charge is 0.340 e. The zero-order valence-corrected chi connectivity index (χ0v) is 12.1. The summed E-state index contributed by atoms with van der Waals surface area (Å²) in [7, 11) is 1.97. The first-order chi connectivity index (χ1) is 9.69. The molecule has 110 valence electrons. The molecular weight excluding hydrogens is 254 g/mol. The Labute approximate surface area is 120 Å². The van der Waals surface area contributed by atoms with Crippen molar-refractivity contribution in [3.63, 3.8) is 0 Å². The van der Waals surface area contributed by atoms with Gasteiger partial charge in [0.1, 0.15) is 0 Å². The lowest BCUT2D eigenvalue weighted by Gasteiger charge is -2.32. The third-order valence-electron chi connectivity index (χ3n) is 3.66. The summed E-state index contributed by atoms with van der Waals surface area (Å²) in [5.41, 5.74) is 0.